The van der Waals surface area contributed by atoms with Crippen molar-refractivity contribution in [3.63, 3.8) is 0 Å². The zero-order chi connectivity index (χ0) is 15.2. The maximum absolute atomic E-state index is 10.3. The van der Waals surface area contributed by atoms with Crippen LogP contribution in [0.3, 0.4) is 0 Å². The number of hydrogen-bond donors (Lipinski definition) is 4. The molecule has 0 spiro atoms. The Morgan fingerprint density at radius 1 is 1.24 bits per heavy atom. The highest BCUT2D eigenvalue weighted by Crippen LogP contribution is 2.33. The fraction of sp³-hybridized carbons (Fsp3) is 1.00. The number of fused-ring (bicyclic) bond motifs is 6. The SMILES string of the molecule is NC(O)CCCSCC1OC2OCCCCC1C(O)C2O. The van der Waals surface area contributed by atoms with E-state index in [-0.39, 0.29) is 12.0 Å². The monoisotopic (exact) mass is 321 g/mol. The van der Waals surface area contributed by atoms with Crippen LogP contribution in [0.15, 0.2) is 0 Å². The molecule has 6 nitrogen and oxygen atoms in total. The minimum Gasteiger partial charge on any atom is -0.390 e. The average Bonchev–Trinajstić information content (AvgIpc) is 2.58. The smallest absolute Gasteiger partial charge is 0.186 e. The molecule has 6 unspecified atom stereocenters. The highest BCUT2D eigenvalue weighted by atomic mass is 32.2. The Hall–Kier alpha value is 0.110. The Balaban J connectivity index is 1.83. The van der Waals surface area contributed by atoms with E-state index in [1.807, 2.05) is 0 Å². The van der Waals surface area contributed by atoms with Gasteiger partial charge in [0.05, 0.1) is 12.2 Å². The summed E-state index contributed by atoms with van der Waals surface area (Å²) in [6.45, 7) is 0.565. The Bertz CT molecular complexity index is 305. The molecule has 0 aromatic rings. The highest BCUT2D eigenvalue weighted by Gasteiger charge is 2.44. The van der Waals surface area contributed by atoms with Gasteiger partial charge in [-0.25, -0.2) is 0 Å². The fourth-order valence-corrected chi connectivity index (χ4v) is 4.02. The largest absolute Gasteiger partial charge is 0.390 e. The van der Waals surface area contributed by atoms with Crippen LogP contribution in [0, 0.1) is 5.92 Å². The van der Waals surface area contributed by atoms with E-state index < -0.39 is 24.7 Å². The van der Waals surface area contributed by atoms with Crippen LogP contribution in [-0.4, -0.2) is 64.3 Å². The molecule has 21 heavy (non-hydrogen) atoms. The molecule has 3 fully saturated rings. The molecule has 124 valence electrons. The van der Waals surface area contributed by atoms with Gasteiger partial charge in [-0.2, -0.15) is 11.8 Å². The molecule has 7 heteroatoms. The van der Waals surface area contributed by atoms with Gasteiger partial charge in [-0.1, -0.05) is 6.42 Å². The predicted octanol–water partition coefficient (Wildman–Crippen LogP) is 0.0403. The molecule has 3 aliphatic rings. The van der Waals surface area contributed by atoms with Gasteiger partial charge in [-0.05, 0) is 31.4 Å². The van der Waals surface area contributed by atoms with Crippen LogP contribution in [0.1, 0.15) is 32.1 Å². The summed E-state index contributed by atoms with van der Waals surface area (Å²) in [5.74, 6) is 1.62. The standard InChI is InChI=1S/C14H27NO5S/c15-11(16)5-3-7-21-8-10-9-4-1-2-6-19-14(20-10)13(18)12(9)17/h9-14,16-18H,1-8,15H2. The molecule has 0 radical (unpaired) electrons. The highest BCUT2D eigenvalue weighted by molar-refractivity contribution is 7.99. The summed E-state index contributed by atoms with van der Waals surface area (Å²) in [6.07, 6.45) is 0.911. The summed E-state index contributed by atoms with van der Waals surface area (Å²) >= 11 is 1.73. The van der Waals surface area contributed by atoms with E-state index in [4.69, 9.17) is 20.3 Å². The average molecular weight is 321 g/mol. The molecule has 0 saturated carbocycles. The number of aliphatic hydroxyl groups is 3. The van der Waals surface area contributed by atoms with Crippen LogP contribution >= 0.6 is 11.8 Å². The third-order valence-corrected chi connectivity index (χ3v) is 5.28. The fourth-order valence-electron chi connectivity index (χ4n) is 2.92. The van der Waals surface area contributed by atoms with Gasteiger partial charge in [-0.15, -0.1) is 0 Å². The van der Waals surface area contributed by atoms with Gasteiger partial charge in [-0.3, -0.25) is 0 Å². The van der Waals surface area contributed by atoms with E-state index in [9.17, 15) is 10.2 Å². The van der Waals surface area contributed by atoms with E-state index in [1.165, 1.54) is 0 Å². The summed E-state index contributed by atoms with van der Waals surface area (Å²) in [6, 6.07) is 0. The second-order valence-electron chi connectivity index (χ2n) is 5.84. The first-order valence-electron chi connectivity index (χ1n) is 7.74. The van der Waals surface area contributed by atoms with Crippen LogP contribution in [0.5, 0.6) is 0 Å². The van der Waals surface area contributed by atoms with Gasteiger partial charge in [0.25, 0.3) is 0 Å². The van der Waals surface area contributed by atoms with E-state index in [2.05, 4.69) is 0 Å². The van der Waals surface area contributed by atoms with Crippen molar-refractivity contribution in [2.75, 3.05) is 18.1 Å². The maximum atomic E-state index is 10.3. The second kappa shape index (κ2) is 8.67. The summed E-state index contributed by atoms with van der Waals surface area (Å²) in [5.41, 5.74) is 5.30. The molecular weight excluding hydrogens is 294 g/mol. The zero-order valence-corrected chi connectivity index (χ0v) is 13.1. The van der Waals surface area contributed by atoms with Crippen LogP contribution in [0.4, 0.5) is 0 Å². The maximum Gasteiger partial charge on any atom is 0.186 e. The Labute approximate surface area is 130 Å². The van der Waals surface area contributed by atoms with Gasteiger partial charge < -0.3 is 30.5 Å². The molecule has 3 heterocycles. The lowest BCUT2D eigenvalue weighted by Gasteiger charge is -2.42. The third-order valence-electron chi connectivity index (χ3n) is 4.14. The third kappa shape index (κ3) is 5.06. The Morgan fingerprint density at radius 3 is 2.81 bits per heavy atom. The predicted molar refractivity (Wildman–Crippen MR) is 80.7 cm³/mol. The lowest BCUT2D eigenvalue weighted by Crippen LogP contribution is -2.55. The van der Waals surface area contributed by atoms with Gasteiger partial charge >= 0.3 is 0 Å². The molecule has 0 aromatic carbocycles. The topological polar surface area (TPSA) is 105 Å². The van der Waals surface area contributed by atoms with Crippen molar-refractivity contribution >= 4 is 11.8 Å². The number of ether oxygens (including phenoxy) is 2. The molecule has 2 bridgehead atoms. The van der Waals surface area contributed by atoms with Crippen molar-refractivity contribution in [3.8, 4) is 0 Å². The molecule has 5 N–H and O–H groups in total. The van der Waals surface area contributed by atoms with Crippen LogP contribution in [0.2, 0.25) is 0 Å². The molecule has 3 aliphatic heterocycles. The molecule has 3 saturated heterocycles. The number of hydrogen-bond acceptors (Lipinski definition) is 7. The quantitative estimate of drug-likeness (QED) is 0.404. The van der Waals surface area contributed by atoms with Crippen molar-refractivity contribution in [3.05, 3.63) is 0 Å². The van der Waals surface area contributed by atoms with Crippen LogP contribution in [-0.2, 0) is 9.47 Å². The second-order valence-corrected chi connectivity index (χ2v) is 6.99. The van der Waals surface area contributed by atoms with E-state index in [1.54, 1.807) is 11.8 Å². The first-order valence-corrected chi connectivity index (χ1v) is 8.89. The van der Waals surface area contributed by atoms with E-state index >= 15 is 0 Å². The van der Waals surface area contributed by atoms with Gasteiger partial charge in [0.1, 0.15) is 12.3 Å². The van der Waals surface area contributed by atoms with E-state index in [0.29, 0.717) is 13.0 Å². The molecular formula is C14H27NO5S. The van der Waals surface area contributed by atoms with Gasteiger partial charge in [0, 0.05) is 18.3 Å². The number of nitrogens with two attached hydrogens (primary N) is 1. The van der Waals surface area contributed by atoms with Gasteiger partial charge in [0.15, 0.2) is 6.29 Å². The number of rotatable bonds is 6. The normalized spacial score (nSPS) is 38.6. The van der Waals surface area contributed by atoms with Crippen molar-refractivity contribution in [2.45, 2.75) is 62.9 Å². The minimum atomic E-state index is -0.957. The molecule has 0 aromatic heterocycles. The van der Waals surface area contributed by atoms with Crippen molar-refractivity contribution < 1.29 is 24.8 Å². The van der Waals surface area contributed by atoms with Crippen LogP contribution in [0.25, 0.3) is 0 Å². The summed E-state index contributed by atoms with van der Waals surface area (Å²) in [7, 11) is 0. The number of aliphatic hydroxyl groups excluding tert-OH is 3. The Morgan fingerprint density at radius 2 is 2.05 bits per heavy atom. The summed E-state index contributed by atoms with van der Waals surface area (Å²) in [5, 5.41) is 29.3. The molecule has 6 atom stereocenters. The molecule has 0 aliphatic carbocycles. The lowest BCUT2D eigenvalue weighted by atomic mass is 9.86. The summed E-state index contributed by atoms with van der Waals surface area (Å²) in [4.78, 5) is 0. The molecule has 0 amide bonds. The van der Waals surface area contributed by atoms with Crippen molar-refractivity contribution in [1.82, 2.24) is 0 Å². The lowest BCUT2D eigenvalue weighted by molar-refractivity contribution is -0.277. The van der Waals surface area contributed by atoms with Crippen molar-refractivity contribution in [2.24, 2.45) is 11.7 Å². The molecule has 3 rings (SSSR count). The first-order chi connectivity index (χ1) is 10.1. The summed E-state index contributed by atoms with van der Waals surface area (Å²) < 4.78 is 11.4. The number of thioether (sulfide) groups is 1. The minimum absolute atomic E-state index is 0.0365. The van der Waals surface area contributed by atoms with Crippen LogP contribution < -0.4 is 5.73 Å². The van der Waals surface area contributed by atoms with Gasteiger partial charge in [0.2, 0.25) is 0 Å². The Kier molecular flexibility index (Phi) is 7.21. The first kappa shape index (κ1) is 17.5. The van der Waals surface area contributed by atoms with Crippen molar-refractivity contribution in [1.29, 1.82) is 0 Å². The van der Waals surface area contributed by atoms with E-state index in [0.717, 1.165) is 37.2 Å². The zero-order valence-electron chi connectivity index (χ0n) is 12.3.